The molecular formula is C22H32BrNO3. The molecule has 1 fully saturated rings. The van der Waals surface area contributed by atoms with Gasteiger partial charge >= 0.3 is 0 Å². The Bertz CT molecular complexity index is 628. The van der Waals surface area contributed by atoms with Crippen LogP contribution in [0.4, 0.5) is 5.69 Å². The molecule has 0 radical (unpaired) electrons. The van der Waals surface area contributed by atoms with Crippen molar-refractivity contribution in [3.05, 3.63) is 28.2 Å². The normalized spacial score (nSPS) is 17.9. The van der Waals surface area contributed by atoms with Crippen LogP contribution >= 0.6 is 15.9 Å². The van der Waals surface area contributed by atoms with Crippen molar-refractivity contribution in [2.75, 3.05) is 24.7 Å². The van der Waals surface area contributed by atoms with E-state index in [2.05, 4.69) is 22.9 Å². The van der Waals surface area contributed by atoms with E-state index < -0.39 is 5.79 Å². The molecule has 1 spiro atoms. The van der Waals surface area contributed by atoms with Crippen molar-refractivity contribution in [1.29, 1.82) is 0 Å². The number of hydrogen-bond acceptors (Lipinski definition) is 3. The lowest BCUT2D eigenvalue weighted by molar-refractivity contribution is -0.180. The molecule has 0 saturated carbocycles. The highest BCUT2D eigenvalue weighted by Gasteiger charge is 2.55. The molecule has 1 aromatic rings. The first-order valence-electron chi connectivity index (χ1n) is 10.6. The molecule has 0 unspecified atom stereocenters. The van der Waals surface area contributed by atoms with Gasteiger partial charge in [0.1, 0.15) is 0 Å². The van der Waals surface area contributed by atoms with Crippen molar-refractivity contribution in [3.63, 3.8) is 0 Å². The molecule has 4 nitrogen and oxygen atoms in total. The van der Waals surface area contributed by atoms with Crippen molar-refractivity contribution < 1.29 is 14.3 Å². The van der Waals surface area contributed by atoms with Gasteiger partial charge in [0.25, 0.3) is 11.7 Å². The van der Waals surface area contributed by atoms with E-state index in [9.17, 15) is 4.79 Å². The summed E-state index contributed by atoms with van der Waals surface area (Å²) in [6.07, 6.45) is 12.9. The summed E-state index contributed by atoms with van der Waals surface area (Å²) < 4.78 is 12.5. The molecule has 1 aromatic carbocycles. The van der Waals surface area contributed by atoms with E-state index in [-0.39, 0.29) is 5.91 Å². The zero-order valence-electron chi connectivity index (χ0n) is 16.5. The lowest BCUT2D eigenvalue weighted by atomic mass is 10.1. The van der Waals surface area contributed by atoms with E-state index in [1.54, 1.807) is 0 Å². The minimum atomic E-state index is -1.21. The maximum absolute atomic E-state index is 13.0. The van der Waals surface area contributed by atoms with Gasteiger partial charge in [0.2, 0.25) is 0 Å². The lowest BCUT2D eigenvalue weighted by Gasteiger charge is -2.22. The van der Waals surface area contributed by atoms with Crippen LogP contribution in [0.15, 0.2) is 22.7 Å². The van der Waals surface area contributed by atoms with Gasteiger partial charge in [-0.05, 0) is 24.6 Å². The topological polar surface area (TPSA) is 38.8 Å². The maximum atomic E-state index is 13.0. The Morgan fingerprint density at radius 2 is 1.56 bits per heavy atom. The van der Waals surface area contributed by atoms with Crippen LogP contribution in [0.1, 0.15) is 76.7 Å². The Labute approximate surface area is 171 Å². The Morgan fingerprint density at radius 1 is 0.963 bits per heavy atom. The van der Waals surface area contributed by atoms with Crippen molar-refractivity contribution in [1.82, 2.24) is 0 Å². The van der Waals surface area contributed by atoms with E-state index in [0.717, 1.165) is 28.7 Å². The van der Waals surface area contributed by atoms with Crippen molar-refractivity contribution in [2.24, 2.45) is 0 Å². The highest BCUT2D eigenvalue weighted by Crippen LogP contribution is 2.46. The van der Waals surface area contributed by atoms with Crippen LogP contribution in [0.25, 0.3) is 0 Å². The minimum absolute atomic E-state index is 0.0657. The van der Waals surface area contributed by atoms with Gasteiger partial charge in [-0.25, -0.2) is 0 Å². The maximum Gasteiger partial charge on any atom is 0.292 e. The number of unbranched alkanes of at least 4 members (excludes halogenated alkanes) is 9. The van der Waals surface area contributed by atoms with E-state index >= 15 is 0 Å². The SMILES string of the molecule is CCCCCCCCCCCCN1C(=O)C2(OCCO2)c2cc(Br)ccc21. The molecule has 0 N–H and O–H groups in total. The van der Waals surface area contributed by atoms with Crippen LogP contribution in [0.2, 0.25) is 0 Å². The number of fused-ring (bicyclic) bond motifs is 2. The highest BCUT2D eigenvalue weighted by atomic mass is 79.9. The monoisotopic (exact) mass is 437 g/mol. The van der Waals surface area contributed by atoms with Crippen molar-refractivity contribution in [2.45, 2.75) is 76.9 Å². The molecule has 0 aliphatic carbocycles. The summed E-state index contributed by atoms with van der Waals surface area (Å²) in [5.41, 5.74) is 1.77. The van der Waals surface area contributed by atoms with Crippen molar-refractivity contribution in [3.8, 4) is 0 Å². The summed E-state index contributed by atoms with van der Waals surface area (Å²) in [5.74, 6) is -1.28. The quantitative estimate of drug-likeness (QED) is 0.403. The molecule has 0 atom stereocenters. The second-order valence-electron chi connectivity index (χ2n) is 7.61. The van der Waals surface area contributed by atoms with Crippen LogP contribution in [-0.2, 0) is 20.1 Å². The van der Waals surface area contributed by atoms with Crippen LogP contribution in [-0.4, -0.2) is 25.7 Å². The molecule has 27 heavy (non-hydrogen) atoms. The number of ether oxygens (including phenoxy) is 2. The second-order valence-corrected chi connectivity index (χ2v) is 8.53. The predicted molar refractivity (Wildman–Crippen MR) is 112 cm³/mol. The largest absolute Gasteiger partial charge is 0.336 e. The summed E-state index contributed by atoms with van der Waals surface area (Å²) in [7, 11) is 0. The summed E-state index contributed by atoms with van der Waals surface area (Å²) in [4.78, 5) is 14.9. The van der Waals surface area contributed by atoms with Gasteiger partial charge in [0, 0.05) is 16.6 Å². The molecule has 2 aliphatic heterocycles. The first-order valence-corrected chi connectivity index (χ1v) is 11.4. The molecule has 150 valence electrons. The summed E-state index contributed by atoms with van der Waals surface area (Å²) >= 11 is 3.50. The third kappa shape index (κ3) is 4.75. The number of rotatable bonds is 11. The van der Waals surface area contributed by atoms with Gasteiger partial charge in [-0.3, -0.25) is 4.79 Å². The Balaban J connectivity index is 1.45. The molecule has 0 aromatic heterocycles. The zero-order valence-corrected chi connectivity index (χ0v) is 18.1. The van der Waals surface area contributed by atoms with E-state index in [1.807, 2.05) is 23.1 Å². The Kier molecular flexibility index (Phi) is 7.74. The zero-order chi connectivity index (χ0) is 19.1. The molecule has 0 bridgehead atoms. The number of anilines is 1. The number of benzene rings is 1. The number of hydrogen-bond donors (Lipinski definition) is 0. The number of carbonyl (C=O) groups excluding carboxylic acids is 1. The second kappa shape index (κ2) is 10.0. The molecule has 2 heterocycles. The smallest absolute Gasteiger partial charge is 0.292 e. The number of nitrogens with zero attached hydrogens (tertiary/aromatic N) is 1. The fourth-order valence-electron chi connectivity index (χ4n) is 4.08. The Hall–Kier alpha value is -0.910. The minimum Gasteiger partial charge on any atom is -0.336 e. The fraction of sp³-hybridized carbons (Fsp3) is 0.682. The average molecular weight is 438 g/mol. The third-order valence-corrected chi connectivity index (χ3v) is 6.05. The van der Waals surface area contributed by atoms with Crippen LogP contribution < -0.4 is 4.90 Å². The van der Waals surface area contributed by atoms with Gasteiger partial charge in [0.05, 0.1) is 18.9 Å². The molecular weight excluding hydrogens is 406 g/mol. The molecule has 5 heteroatoms. The van der Waals surface area contributed by atoms with Gasteiger partial charge in [-0.2, -0.15) is 0 Å². The molecule has 2 aliphatic rings. The predicted octanol–water partition coefficient (Wildman–Crippen LogP) is 5.92. The van der Waals surface area contributed by atoms with Crippen LogP contribution in [0.3, 0.4) is 0 Å². The average Bonchev–Trinajstić information content (AvgIpc) is 3.24. The Morgan fingerprint density at radius 3 is 2.19 bits per heavy atom. The van der Waals surface area contributed by atoms with E-state index in [0.29, 0.717) is 13.2 Å². The van der Waals surface area contributed by atoms with Gasteiger partial charge in [0.15, 0.2) is 0 Å². The van der Waals surface area contributed by atoms with Crippen LogP contribution in [0.5, 0.6) is 0 Å². The first kappa shape index (κ1) is 20.8. The molecule has 1 saturated heterocycles. The highest BCUT2D eigenvalue weighted by molar-refractivity contribution is 9.10. The van der Waals surface area contributed by atoms with E-state index in [1.165, 1.54) is 57.8 Å². The fourth-order valence-corrected chi connectivity index (χ4v) is 4.44. The van der Waals surface area contributed by atoms with E-state index in [4.69, 9.17) is 9.47 Å². The molecule has 1 amide bonds. The number of halogens is 1. The summed E-state index contributed by atoms with van der Waals surface area (Å²) in [6, 6.07) is 5.93. The van der Waals surface area contributed by atoms with Crippen LogP contribution in [0, 0.1) is 0 Å². The van der Waals surface area contributed by atoms with Gasteiger partial charge in [-0.1, -0.05) is 80.6 Å². The molecule has 3 rings (SSSR count). The number of carbonyl (C=O) groups is 1. The summed E-state index contributed by atoms with van der Waals surface area (Å²) in [6.45, 7) is 3.92. The van der Waals surface area contributed by atoms with Gasteiger partial charge in [-0.15, -0.1) is 0 Å². The lowest BCUT2D eigenvalue weighted by Crippen LogP contribution is -2.41. The summed E-state index contributed by atoms with van der Waals surface area (Å²) in [5, 5.41) is 0. The third-order valence-electron chi connectivity index (χ3n) is 5.56. The van der Waals surface area contributed by atoms with Crippen molar-refractivity contribution >= 4 is 27.5 Å². The first-order chi connectivity index (χ1) is 13.2. The number of amides is 1. The standard InChI is InChI=1S/C22H32BrNO3/c1-2-3-4-5-6-7-8-9-10-11-14-24-20-13-12-18(23)17-19(20)22(21(24)25)26-15-16-27-22/h12-13,17H,2-11,14-16H2,1H3. The van der Waals surface area contributed by atoms with Gasteiger partial charge < -0.3 is 14.4 Å².